The highest BCUT2D eigenvalue weighted by molar-refractivity contribution is 5.90. The van der Waals surface area contributed by atoms with Crippen molar-refractivity contribution in [2.24, 2.45) is 10.7 Å². The molecule has 0 bridgehead atoms. The number of carbonyl (C=O) groups excluding carboxylic acids is 1. The summed E-state index contributed by atoms with van der Waals surface area (Å²) < 4.78 is 5.43. The number of ether oxygens (including phenoxy) is 1. The first kappa shape index (κ1) is 16.4. The molecule has 1 aliphatic heterocycles. The molecule has 6 N–H and O–H groups in total. The normalized spacial score (nSPS) is 29.9. The van der Waals surface area contributed by atoms with E-state index in [4.69, 9.17) is 10.5 Å². The summed E-state index contributed by atoms with van der Waals surface area (Å²) in [6.45, 7) is 0. The Morgan fingerprint density at radius 2 is 2.23 bits per heavy atom. The van der Waals surface area contributed by atoms with Crippen LogP contribution >= 0.6 is 0 Å². The Hall–Kier alpha value is -2.01. The Bertz CT molecular complexity index is 560. The lowest BCUT2D eigenvalue weighted by Crippen LogP contribution is -2.38. The Morgan fingerprint density at radius 1 is 1.55 bits per heavy atom. The fourth-order valence-electron chi connectivity index (χ4n) is 2.07. The second-order valence-electron chi connectivity index (χ2n) is 5.19. The Labute approximate surface area is 126 Å². The van der Waals surface area contributed by atoms with Crippen LogP contribution in [0.2, 0.25) is 0 Å². The van der Waals surface area contributed by atoms with Crippen molar-refractivity contribution in [3.05, 3.63) is 17.7 Å². The molecule has 1 amide bonds. The predicted molar refractivity (Wildman–Crippen MR) is 74.9 cm³/mol. The number of amides is 1. The molecule has 2 heterocycles. The van der Waals surface area contributed by atoms with Gasteiger partial charge in [0.1, 0.15) is 35.9 Å². The lowest BCUT2D eigenvalue weighted by molar-refractivity contribution is -0.0638. The van der Waals surface area contributed by atoms with Gasteiger partial charge in [0.25, 0.3) is 5.91 Å². The van der Waals surface area contributed by atoms with Crippen molar-refractivity contribution >= 4 is 12.2 Å². The number of primary amides is 1. The minimum atomic E-state index is -1.36. The van der Waals surface area contributed by atoms with Crippen molar-refractivity contribution in [1.82, 2.24) is 14.9 Å². The topological polar surface area (TPSA) is 157 Å². The summed E-state index contributed by atoms with van der Waals surface area (Å²) in [7, 11) is 3.43. The maximum absolute atomic E-state index is 11.0. The standard InChI is InChI=1S/C12H19N5O5/c1-17(2)4-15-12(21)9-7(19)6(18)8(22-9)11-14-3-5(16-11)10(13)20/h3-4,6-9,12,18-19,21H,1-2H3,(H2,13,20)(H,14,16)/t6-,7+,8-,9+,12?/m1/s1. The van der Waals surface area contributed by atoms with Crippen LogP contribution in [0.4, 0.5) is 0 Å². The van der Waals surface area contributed by atoms with Gasteiger partial charge in [0.2, 0.25) is 0 Å². The third-order valence-corrected chi connectivity index (χ3v) is 3.18. The molecule has 0 aliphatic carbocycles. The number of nitrogens with two attached hydrogens (primary N) is 1. The Kier molecular flexibility index (Phi) is 4.76. The molecule has 1 unspecified atom stereocenters. The van der Waals surface area contributed by atoms with Gasteiger partial charge in [-0.25, -0.2) is 9.98 Å². The molecule has 10 nitrogen and oxygen atoms in total. The van der Waals surface area contributed by atoms with Gasteiger partial charge in [0, 0.05) is 14.1 Å². The van der Waals surface area contributed by atoms with Crippen molar-refractivity contribution < 1.29 is 24.9 Å². The van der Waals surface area contributed by atoms with Crippen LogP contribution in [-0.4, -0.2) is 81.1 Å². The van der Waals surface area contributed by atoms with Gasteiger partial charge in [0.15, 0.2) is 6.23 Å². The number of aliphatic hydroxyl groups excluding tert-OH is 3. The van der Waals surface area contributed by atoms with Crippen LogP contribution in [0.5, 0.6) is 0 Å². The summed E-state index contributed by atoms with van der Waals surface area (Å²) in [6, 6.07) is 0. The van der Waals surface area contributed by atoms with Gasteiger partial charge in [0.05, 0.1) is 12.5 Å². The number of H-pyrrole nitrogens is 1. The van der Waals surface area contributed by atoms with Crippen molar-refractivity contribution in [3.63, 3.8) is 0 Å². The number of aromatic amines is 1. The van der Waals surface area contributed by atoms with Crippen LogP contribution in [0.25, 0.3) is 0 Å². The molecular formula is C12H19N5O5. The molecule has 122 valence electrons. The van der Waals surface area contributed by atoms with Gasteiger partial charge < -0.3 is 35.7 Å². The molecule has 1 aliphatic rings. The van der Waals surface area contributed by atoms with E-state index in [1.54, 1.807) is 19.0 Å². The maximum Gasteiger partial charge on any atom is 0.266 e. The van der Waals surface area contributed by atoms with Gasteiger partial charge in [-0.3, -0.25) is 4.79 Å². The second-order valence-corrected chi connectivity index (χ2v) is 5.19. The minimum absolute atomic E-state index is 0.0508. The van der Waals surface area contributed by atoms with Gasteiger partial charge >= 0.3 is 0 Å². The van der Waals surface area contributed by atoms with Gasteiger partial charge in [-0.1, -0.05) is 0 Å². The summed E-state index contributed by atoms with van der Waals surface area (Å²) in [5.41, 5.74) is 5.16. The fourth-order valence-corrected chi connectivity index (χ4v) is 2.07. The highest BCUT2D eigenvalue weighted by Gasteiger charge is 2.47. The zero-order valence-corrected chi connectivity index (χ0v) is 12.1. The van der Waals surface area contributed by atoms with E-state index in [2.05, 4.69) is 15.0 Å². The van der Waals surface area contributed by atoms with E-state index in [1.807, 2.05) is 0 Å². The molecule has 0 spiro atoms. The number of aliphatic hydroxyl groups is 3. The molecule has 1 aromatic rings. The number of rotatable bonds is 5. The SMILES string of the molecule is CN(C)C=NC(O)[C@H]1O[C@@H](c2ncc(C(N)=O)[nH]2)[C@H](O)[C@@H]1O. The maximum atomic E-state index is 11.0. The summed E-state index contributed by atoms with van der Waals surface area (Å²) in [4.78, 5) is 22.9. The molecule has 10 heteroatoms. The van der Waals surface area contributed by atoms with Crippen molar-refractivity contribution in [3.8, 4) is 0 Å². The average molecular weight is 313 g/mol. The van der Waals surface area contributed by atoms with Gasteiger partial charge in [-0.2, -0.15) is 0 Å². The van der Waals surface area contributed by atoms with E-state index >= 15 is 0 Å². The van der Waals surface area contributed by atoms with Crippen LogP contribution < -0.4 is 5.73 Å². The molecule has 1 aromatic heterocycles. The first-order valence-corrected chi connectivity index (χ1v) is 6.55. The average Bonchev–Trinajstić information content (AvgIpc) is 3.03. The van der Waals surface area contributed by atoms with Gasteiger partial charge in [-0.05, 0) is 0 Å². The predicted octanol–water partition coefficient (Wildman–Crippen LogP) is -2.42. The van der Waals surface area contributed by atoms with Crippen LogP contribution in [0.1, 0.15) is 22.4 Å². The number of nitrogens with one attached hydrogen (secondary N) is 1. The number of aliphatic imine (C=N–C) groups is 1. The van der Waals surface area contributed by atoms with Crippen molar-refractivity contribution in [2.45, 2.75) is 30.6 Å². The van der Waals surface area contributed by atoms with E-state index in [9.17, 15) is 20.1 Å². The molecule has 0 aromatic carbocycles. The lowest BCUT2D eigenvalue weighted by atomic mass is 10.1. The molecule has 2 rings (SSSR count). The Morgan fingerprint density at radius 3 is 2.77 bits per heavy atom. The number of carbonyl (C=O) groups is 1. The monoisotopic (exact) mass is 313 g/mol. The number of hydrogen-bond acceptors (Lipinski definition) is 7. The first-order valence-electron chi connectivity index (χ1n) is 6.55. The second kappa shape index (κ2) is 6.40. The van der Waals surface area contributed by atoms with Crippen LogP contribution in [0.3, 0.4) is 0 Å². The molecule has 1 saturated heterocycles. The minimum Gasteiger partial charge on any atom is -0.387 e. The van der Waals surface area contributed by atoms with Crippen LogP contribution in [-0.2, 0) is 4.74 Å². The molecule has 22 heavy (non-hydrogen) atoms. The highest BCUT2D eigenvalue weighted by Crippen LogP contribution is 2.33. The summed E-state index contributed by atoms with van der Waals surface area (Å²) in [6.07, 6.45) is -3.65. The molecular weight excluding hydrogens is 294 g/mol. The lowest BCUT2D eigenvalue weighted by Gasteiger charge is -2.18. The molecule has 0 radical (unpaired) electrons. The van der Waals surface area contributed by atoms with E-state index in [0.717, 1.165) is 0 Å². The number of nitrogens with zero attached hydrogens (tertiary/aromatic N) is 3. The Balaban J connectivity index is 2.13. The smallest absolute Gasteiger partial charge is 0.266 e. The first-order chi connectivity index (χ1) is 10.3. The number of aromatic nitrogens is 2. The fraction of sp³-hybridized carbons (Fsp3) is 0.583. The van der Waals surface area contributed by atoms with E-state index in [-0.39, 0.29) is 11.5 Å². The quantitative estimate of drug-likeness (QED) is 0.299. The van der Waals surface area contributed by atoms with E-state index in [1.165, 1.54) is 12.5 Å². The summed E-state index contributed by atoms with van der Waals surface area (Å²) >= 11 is 0. The van der Waals surface area contributed by atoms with E-state index < -0.39 is 36.6 Å². The third kappa shape index (κ3) is 3.25. The van der Waals surface area contributed by atoms with Crippen molar-refractivity contribution in [1.29, 1.82) is 0 Å². The van der Waals surface area contributed by atoms with Crippen LogP contribution in [0.15, 0.2) is 11.2 Å². The highest BCUT2D eigenvalue weighted by atomic mass is 16.6. The summed E-state index contributed by atoms with van der Waals surface area (Å²) in [5, 5.41) is 29.9. The van der Waals surface area contributed by atoms with Gasteiger partial charge in [-0.15, -0.1) is 0 Å². The van der Waals surface area contributed by atoms with Crippen molar-refractivity contribution in [2.75, 3.05) is 14.1 Å². The molecule has 1 fully saturated rings. The number of hydrogen-bond donors (Lipinski definition) is 5. The number of imidazole rings is 1. The summed E-state index contributed by atoms with van der Waals surface area (Å²) in [5.74, 6) is -0.578. The third-order valence-electron chi connectivity index (χ3n) is 3.18. The molecule has 0 saturated carbocycles. The zero-order valence-electron chi connectivity index (χ0n) is 12.1. The van der Waals surface area contributed by atoms with E-state index in [0.29, 0.717) is 0 Å². The largest absolute Gasteiger partial charge is 0.387 e. The molecule has 5 atom stereocenters. The zero-order chi connectivity index (χ0) is 16.4. The van der Waals surface area contributed by atoms with Crippen LogP contribution in [0, 0.1) is 0 Å².